The van der Waals surface area contributed by atoms with Crippen LogP contribution in [0.3, 0.4) is 0 Å². The average Bonchev–Trinajstić information content (AvgIpc) is 2.68. The highest BCUT2D eigenvalue weighted by Crippen LogP contribution is 2.37. The van der Waals surface area contributed by atoms with Crippen LogP contribution in [0, 0.1) is 5.41 Å². The first-order valence-corrected chi connectivity index (χ1v) is 9.61. The highest BCUT2D eigenvalue weighted by molar-refractivity contribution is 6.03. The van der Waals surface area contributed by atoms with E-state index in [1.807, 2.05) is 54.6 Å². The van der Waals surface area contributed by atoms with Gasteiger partial charge in [-0.2, -0.15) is 4.98 Å². The number of benzene rings is 2. The first kappa shape index (κ1) is 18.9. The summed E-state index contributed by atoms with van der Waals surface area (Å²) in [5.74, 6) is 1.85. The second kappa shape index (κ2) is 7.54. The Balaban J connectivity index is 1.74. The van der Waals surface area contributed by atoms with E-state index in [0.29, 0.717) is 23.8 Å². The van der Waals surface area contributed by atoms with Crippen LogP contribution < -0.4 is 15.4 Å². The van der Waals surface area contributed by atoms with E-state index in [9.17, 15) is 4.79 Å². The molecule has 6 heteroatoms. The summed E-state index contributed by atoms with van der Waals surface area (Å²) in [4.78, 5) is 22.2. The predicted octanol–water partition coefficient (Wildman–Crippen LogP) is 5.13. The lowest BCUT2D eigenvalue weighted by Gasteiger charge is -2.30. The standard InChI is InChI=1S/C23H24N4O2/c1-23(2)13-18-20(19(28)14-23)21(24-15-7-5-4-6-8-15)27-22(26-18)25-16-9-11-17(29-3)12-10-16/h4-12H,13-14H2,1-3H3,(H2,24,25,26,27). The zero-order chi connectivity index (χ0) is 20.4. The Morgan fingerprint density at radius 2 is 1.59 bits per heavy atom. The van der Waals surface area contributed by atoms with E-state index in [0.717, 1.165) is 29.2 Å². The third-order valence-corrected chi connectivity index (χ3v) is 4.93. The van der Waals surface area contributed by atoms with Crippen molar-refractivity contribution in [3.8, 4) is 5.75 Å². The molecule has 0 atom stereocenters. The topological polar surface area (TPSA) is 76.1 Å². The van der Waals surface area contributed by atoms with Gasteiger partial charge < -0.3 is 15.4 Å². The number of aromatic nitrogens is 2. The Morgan fingerprint density at radius 3 is 2.28 bits per heavy atom. The lowest BCUT2D eigenvalue weighted by atomic mass is 9.75. The maximum Gasteiger partial charge on any atom is 0.229 e. The van der Waals surface area contributed by atoms with Crippen molar-refractivity contribution in [3.63, 3.8) is 0 Å². The largest absolute Gasteiger partial charge is 0.497 e. The van der Waals surface area contributed by atoms with E-state index in [-0.39, 0.29) is 11.2 Å². The minimum atomic E-state index is -0.125. The van der Waals surface area contributed by atoms with Gasteiger partial charge in [0.1, 0.15) is 11.6 Å². The van der Waals surface area contributed by atoms with Gasteiger partial charge in [0, 0.05) is 17.8 Å². The van der Waals surface area contributed by atoms with Gasteiger partial charge in [-0.15, -0.1) is 0 Å². The average molecular weight is 388 g/mol. The second-order valence-corrected chi connectivity index (χ2v) is 8.00. The summed E-state index contributed by atoms with van der Waals surface area (Å²) in [6.07, 6.45) is 1.20. The Kier molecular flexibility index (Phi) is 4.92. The number of Topliss-reactive ketones (excluding diaryl/α,β-unsaturated/α-hetero) is 1. The van der Waals surface area contributed by atoms with Crippen molar-refractivity contribution in [2.45, 2.75) is 26.7 Å². The van der Waals surface area contributed by atoms with E-state index in [4.69, 9.17) is 4.74 Å². The van der Waals surface area contributed by atoms with Gasteiger partial charge in [0.05, 0.1) is 18.4 Å². The number of nitrogens with one attached hydrogen (secondary N) is 2. The highest BCUT2D eigenvalue weighted by Gasteiger charge is 2.35. The van der Waals surface area contributed by atoms with Crippen LogP contribution in [0.15, 0.2) is 54.6 Å². The predicted molar refractivity (Wildman–Crippen MR) is 114 cm³/mol. The van der Waals surface area contributed by atoms with Gasteiger partial charge >= 0.3 is 0 Å². The van der Waals surface area contributed by atoms with Gasteiger partial charge in [-0.3, -0.25) is 4.79 Å². The van der Waals surface area contributed by atoms with Crippen LogP contribution in [0.25, 0.3) is 0 Å². The number of hydrogen-bond acceptors (Lipinski definition) is 6. The van der Waals surface area contributed by atoms with E-state index in [2.05, 4.69) is 34.4 Å². The Labute approximate surface area is 170 Å². The number of methoxy groups -OCH3 is 1. The summed E-state index contributed by atoms with van der Waals surface area (Å²) < 4.78 is 5.21. The van der Waals surface area contributed by atoms with Crippen LogP contribution in [-0.2, 0) is 6.42 Å². The first-order chi connectivity index (χ1) is 13.9. The number of nitrogens with zero attached hydrogens (tertiary/aromatic N) is 2. The van der Waals surface area contributed by atoms with Gasteiger partial charge in [0.2, 0.25) is 5.95 Å². The molecule has 0 saturated heterocycles. The summed E-state index contributed by atoms with van der Waals surface area (Å²) in [6, 6.07) is 17.3. The Bertz CT molecular complexity index is 1030. The van der Waals surface area contributed by atoms with E-state index in [1.165, 1.54) is 0 Å². The van der Waals surface area contributed by atoms with Crippen molar-refractivity contribution >= 4 is 28.9 Å². The third kappa shape index (κ3) is 4.21. The molecule has 1 aliphatic rings. The molecule has 29 heavy (non-hydrogen) atoms. The highest BCUT2D eigenvalue weighted by atomic mass is 16.5. The molecular formula is C23H24N4O2. The van der Waals surface area contributed by atoms with Crippen LogP contribution in [0.1, 0.15) is 36.3 Å². The molecule has 1 heterocycles. The molecule has 0 unspecified atom stereocenters. The van der Waals surface area contributed by atoms with Crippen LogP contribution >= 0.6 is 0 Å². The zero-order valence-electron chi connectivity index (χ0n) is 16.8. The number of rotatable bonds is 5. The molecule has 0 spiro atoms. The summed E-state index contributed by atoms with van der Waals surface area (Å²) >= 11 is 0. The number of carbonyl (C=O) groups excluding carboxylic acids is 1. The molecule has 1 aromatic heterocycles. The fraction of sp³-hybridized carbons (Fsp3) is 0.261. The summed E-state index contributed by atoms with van der Waals surface area (Å²) in [5.41, 5.74) is 2.96. The summed E-state index contributed by atoms with van der Waals surface area (Å²) in [5, 5.41) is 6.55. The normalized spacial score (nSPS) is 14.8. The molecule has 2 N–H and O–H groups in total. The molecule has 2 aromatic carbocycles. The lowest BCUT2D eigenvalue weighted by molar-refractivity contribution is 0.0911. The minimum Gasteiger partial charge on any atom is -0.497 e. The Hall–Kier alpha value is -3.41. The SMILES string of the molecule is COc1ccc(Nc2nc3c(c(Nc4ccccc4)n2)C(=O)CC(C)(C)C3)cc1. The van der Waals surface area contributed by atoms with Crippen LogP contribution in [-0.4, -0.2) is 22.9 Å². The van der Waals surface area contributed by atoms with Crippen LogP contribution in [0.4, 0.5) is 23.1 Å². The quantitative estimate of drug-likeness (QED) is 0.631. The van der Waals surface area contributed by atoms with E-state index in [1.54, 1.807) is 7.11 Å². The number of ether oxygens (including phenoxy) is 1. The molecule has 3 aromatic rings. The molecule has 0 fully saturated rings. The zero-order valence-corrected chi connectivity index (χ0v) is 16.8. The fourth-order valence-corrected chi connectivity index (χ4v) is 3.57. The Morgan fingerprint density at radius 1 is 0.897 bits per heavy atom. The number of para-hydroxylation sites is 1. The smallest absolute Gasteiger partial charge is 0.229 e. The molecule has 0 aliphatic heterocycles. The molecule has 0 amide bonds. The molecular weight excluding hydrogens is 364 g/mol. The fourth-order valence-electron chi connectivity index (χ4n) is 3.57. The molecule has 4 rings (SSSR count). The number of carbonyl (C=O) groups is 1. The molecule has 148 valence electrons. The van der Waals surface area contributed by atoms with E-state index >= 15 is 0 Å². The third-order valence-electron chi connectivity index (χ3n) is 4.93. The van der Waals surface area contributed by atoms with Crippen LogP contribution in [0.2, 0.25) is 0 Å². The molecule has 0 bridgehead atoms. The summed E-state index contributed by atoms with van der Waals surface area (Å²) in [6.45, 7) is 4.19. The maximum atomic E-state index is 12.9. The summed E-state index contributed by atoms with van der Waals surface area (Å²) in [7, 11) is 1.63. The van der Waals surface area contributed by atoms with Crippen molar-refractivity contribution in [1.82, 2.24) is 9.97 Å². The van der Waals surface area contributed by atoms with Gasteiger partial charge in [-0.1, -0.05) is 32.0 Å². The number of hydrogen-bond donors (Lipinski definition) is 2. The number of fused-ring (bicyclic) bond motifs is 1. The maximum absolute atomic E-state index is 12.9. The molecule has 1 aliphatic carbocycles. The van der Waals surface area contributed by atoms with E-state index < -0.39 is 0 Å². The van der Waals surface area contributed by atoms with Gasteiger partial charge in [-0.05, 0) is 48.2 Å². The minimum absolute atomic E-state index is 0.0747. The molecule has 0 saturated carbocycles. The first-order valence-electron chi connectivity index (χ1n) is 9.61. The van der Waals surface area contributed by atoms with Gasteiger partial charge in [-0.25, -0.2) is 4.98 Å². The van der Waals surface area contributed by atoms with Crippen molar-refractivity contribution in [2.24, 2.45) is 5.41 Å². The van der Waals surface area contributed by atoms with Gasteiger partial charge in [0.15, 0.2) is 5.78 Å². The van der Waals surface area contributed by atoms with Crippen molar-refractivity contribution in [1.29, 1.82) is 0 Å². The monoisotopic (exact) mass is 388 g/mol. The van der Waals surface area contributed by atoms with Crippen molar-refractivity contribution in [2.75, 3.05) is 17.7 Å². The van der Waals surface area contributed by atoms with Crippen molar-refractivity contribution < 1.29 is 9.53 Å². The number of anilines is 4. The molecule has 6 nitrogen and oxygen atoms in total. The second-order valence-electron chi connectivity index (χ2n) is 8.00. The molecule has 0 radical (unpaired) electrons. The lowest BCUT2D eigenvalue weighted by Crippen LogP contribution is -2.29. The van der Waals surface area contributed by atoms with Gasteiger partial charge in [0.25, 0.3) is 0 Å². The van der Waals surface area contributed by atoms with Crippen LogP contribution in [0.5, 0.6) is 5.75 Å². The number of ketones is 1. The van der Waals surface area contributed by atoms with Crippen molar-refractivity contribution in [3.05, 3.63) is 65.9 Å².